The zero-order valence-corrected chi connectivity index (χ0v) is 20.8. The molecule has 0 aliphatic heterocycles. The van der Waals surface area contributed by atoms with Crippen LogP contribution in [0.5, 0.6) is 0 Å². The molecule has 3 aromatic rings. The van der Waals surface area contributed by atoms with Gasteiger partial charge in [0, 0.05) is 29.8 Å². The second-order valence-electron chi connectivity index (χ2n) is 8.00. The lowest BCUT2D eigenvalue weighted by molar-refractivity contribution is 0.295. The summed E-state index contributed by atoms with van der Waals surface area (Å²) in [6.07, 6.45) is 7.23. The molecule has 0 atom stereocenters. The number of hydrogen-bond donors (Lipinski definition) is 2. The number of rotatable bonds is 6. The van der Waals surface area contributed by atoms with Crippen molar-refractivity contribution in [2.45, 2.75) is 93.4 Å². The third kappa shape index (κ3) is 7.42. The Hall–Kier alpha value is -2.27. The number of unbranched alkanes of at least 4 members (excludes halogenated alkanes) is 1. The molecule has 5 nitrogen and oxygen atoms in total. The van der Waals surface area contributed by atoms with Crippen molar-refractivity contribution in [3.63, 3.8) is 0 Å². The van der Waals surface area contributed by atoms with Crippen molar-refractivity contribution >= 4 is 11.2 Å². The molecule has 0 spiro atoms. The molecule has 0 unspecified atom stereocenters. The molecule has 3 aromatic heterocycles. The molecule has 0 radical (unpaired) electrons. The number of nitrogens with one attached hydrogen (secondary N) is 1. The molecule has 0 saturated carbocycles. The Bertz CT molecular complexity index is 907. The summed E-state index contributed by atoms with van der Waals surface area (Å²) in [6.45, 7) is 17.3. The second-order valence-corrected chi connectivity index (χ2v) is 8.00. The summed E-state index contributed by atoms with van der Waals surface area (Å²) >= 11 is 0. The Morgan fingerprint density at radius 3 is 1.97 bits per heavy atom. The maximum absolute atomic E-state index is 7.88. The average Bonchev–Trinajstić information content (AvgIpc) is 3.17. The van der Waals surface area contributed by atoms with Gasteiger partial charge < -0.3 is 10.1 Å². The molecule has 0 aliphatic rings. The predicted molar refractivity (Wildman–Crippen MR) is 133 cm³/mol. The fourth-order valence-corrected chi connectivity index (χ4v) is 2.88. The highest BCUT2D eigenvalue weighted by atomic mass is 16.2. The van der Waals surface area contributed by atoms with Crippen molar-refractivity contribution in [2.75, 3.05) is 6.61 Å². The highest BCUT2D eigenvalue weighted by Gasteiger charge is 2.16. The van der Waals surface area contributed by atoms with Crippen LogP contribution in [0.3, 0.4) is 0 Å². The minimum Gasteiger partial charge on any atom is -0.396 e. The first-order valence-electron chi connectivity index (χ1n) is 11.8. The van der Waals surface area contributed by atoms with Crippen LogP contribution in [0.25, 0.3) is 22.4 Å². The van der Waals surface area contributed by atoms with E-state index in [0.717, 1.165) is 64.3 Å². The van der Waals surface area contributed by atoms with Crippen LogP contribution in [-0.2, 0) is 12.8 Å². The van der Waals surface area contributed by atoms with Gasteiger partial charge in [0.15, 0.2) is 5.65 Å². The third-order valence-electron chi connectivity index (χ3n) is 5.00. The molecule has 3 rings (SSSR count). The number of pyridine rings is 1. The molecular formula is C26H42N4O. The Morgan fingerprint density at radius 2 is 1.48 bits per heavy atom. The lowest BCUT2D eigenvalue weighted by atomic mass is 10.0. The Balaban J connectivity index is 0.000000519. The number of fused-ring (bicyclic) bond motifs is 1. The summed E-state index contributed by atoms with van der Waals surface area (Å²) < 4.78 is 0. The summed E-state index contributed by atoms with van der Waals surface area (Å²) in [5.41, 5.74) is 8.30. The highest BCUT2D eigenvalue weighted by molar-refractivity contribution is 5.79. The molecule has 5 heteroatoms. The number of aromatic amines is 1. The van der Waals surface area contributed by atoms with E-state index in [1.165, 1.54) is 12.8 Å². The summed E-state index contributed by atoms with van der Waals surface area (Å²) in [5, 5.41) is 7.88. The van der Waals surface area contributed by atoms with Crippen LogP contribution in [0.2, 0.25) is 0 Å². The van der Waals surface area contributed by atoms with E-state index >= 15 is 0 Å². The van der Waals surface area contributed by atoms with Crippen molar-refractivity contribution in [3.05, 3.63) is 41.0 Å². The number of nitrogens with zero attached hydrogens (tertiary/aromatic N) is 3. The summed E-state index contributed by atoms with van der Waals surface area (Å²) in [5.74, 6) is 0.431. The van der Waals surface area contributed by atoms with Crippen molar-refractivity contribution < 1.29 is 5.11 Å². The van der Waals surface area contributed by atoms with Crippen LogP contribution < -0.4 is 0 Å². The van der Waals surface area contributed by atoms with Gasteiger partial charge >= 0.3 is 0 Å². The molecule has 172 valence electrons. The molecule has 31 heavy (non-hydrogen) atoms. The molecule has 0 aromatic carbocycles. The fourth-order valence-electron chi connectivity index (χ4n) is 2.88. The summed E-state index contributed by atoms with van der Waals surface area (Å²) in [4.78, 5) is 17.8. The van der Waals surface area contributed by atoms with E-state index in [1.54, 1.807) is 0 Å². The monoisotopic (exact) mass is 426 g/mol. The highest BCUT2D eigenvalue weighted by Crippen LogP contribution is 2.28. The number of aliphatic hydroxyl groups excluding tert-OH is 1. The zero-order valence-electron chi connectivity index (χ0n) is 20.8. The SMILES string of the molecule is CCCC.CCCO.CCc1nc(C(C)C)ccc1-c1nc2c(C)c[nH]c2nc1CC. The van der Waals surface area contributed by atoms with E-state index in [0.29, 0.717) is 12.5 Å². The summed E-state index contributed by atoms with van der Waals surface area (Å²) in [6, 6.07) is 4.28. The molecule has 3 heterocycles. The minimum absolute atomic E-state index is 0.319. The first kappa shape index (κ1) is 26.8. The van der Waals surface area contributed by atoms with Gasteiger partial charge in [0.2, 0.25) is 0 Å². The van der Waals surface area contributed by atoms with Crippen LogP contribution in [-0.4, -0.2) is 31.6 Å². The van der Waals surface area contributed by atoms with E-state index < -0.39 is 0 Å². The number of aliphatic hydroxyl groups is 1. The van der Waals surface area contributed by atoms with Crippen molar-refractivity contribution in [1.29, 1.82) is 0 Å². The Labute approximate surface area is 188 Å². The number of aromatic nitrogens is 4. The van der Waals surface area contributed by atoms with Gasteiger partial charge in [0.05, 0.1) is 11.4 Å². The van der Waals surface area contributed by atoms with E-state index in [2.05, 4.69) is 65.6 Å². The van der Waals surface area contributed by atoms with Gasteiger partial charge in [-0.2, -0.15) is 0 Å². The van der Waals surface area contributed by atoms with Gasteiger partial charge in [-0.1, -0.05) is 61.3 Å². The molecule has 0 amide bonds. The lowest BCUT2D eigenvalue weighted by Crippen LogP contribution is -2.03. The lowest BCUT2D eigenvalue weighted by Gasteiger charge is -2.13. The molecule has 0 fully saturated rings. The third-order valence-corrected chi connectivity index (χ3v) is 5.00. The molecule has 0 aliphatic carbocycles. The van der Waals surface area contributed by atoms with Crippen LogP contribution in [0.4, 0.5) is 0 Å². The van der Waals surface area contributed by atoms with Crippen molar-refractivity contribution in [1.82, 2.24) is 19.9 Å². The summed E-state index contributed by atoms with van der Waals surface area (Å²) in [7, 11) is 0. The largest absolute Gasteiger partial charge is 0.396 e. The first-order valence-corrected chi connectivity index (χ1v) is 11.8. The number of H-pyrrole nitrogens is 1. The normalized spacial score (nSPS) is 10.5. The molecule has 0 saturated heterocycles. The zero-order chi connectivity index (χ0) is 23.4. The quantitative estimate of drug-likeness (QED) is 0.456. The average molecular weight is 427 g/mol. The second kappa shape index (κ2) is 13.9. The van der Waals surface area contributed by atoms with Crippen molar-refractivity contribution in [3.8, 4) is 11.3 Å². The molecule has 0 bridgehead atoms. The van der Waals surface area contributed by atoms with Gasteiger partial charge in [-0.3, -0.25) is 4.98 Å². The van der Waals surface area contributed by atoms with Crippen LogP contribution in [0.1, 0.15) is 96.3 Å². The van der Waals surface area contributed by atoms with Crippen LogP contribution in [0.15, 0.2) is 18.3 Å². The van der Waals surface area contributed by atoms with Gasteiger partial charge in [-0.05, 0) is 49.8 Å². The van der Waals surface area contributed by atoms with Crippen LogP contribution in [0, 0.1) is 6.92 Å². The van der Waals surface area contributed by atoms with E-state index in [-0.39, 0.29) is 0 Å². The molecule has 2 N–H and O–H groups in total. The number of hydrogen-bond acceptors (Lipinski definition) is 4. The standard InChI is InChI=1S/C19H24N4.C4H10.C3H8O/c1-6-14-13(8-9-16(21-14)11(3)4)18-15(7-2)22-19-17(23-18)12(5)10-20-19;1-3-4-2;1-2-3-4/h8-11H,6-7H2,1-5H3,(H,20,22);3-4H2,1-2H3;4H,2-3H2,1H3. The predicted octanol–water partition coefficient (Wildman–Crippen LogP) is 6.77. The van der Waals surface area contributed by atoms with Gasteiger partial charge in [-0.25, -0.2) is 9.97 Å². The van der Waals surface area contributed by atoms with Gasteiger partial charge in [0.25, 0.3) is 0 Å². The smallest absolute Gasteiger partial charge is 0.156 e. The maximum atomic E-state index is 7.88. The fraction of sp³-hybridized carbons (Fsp3) is 0.577. The van der Waals surface area contributed by atoms with Crippen LogP contribution >= 0.6 is 0 Å². The maximum Gasteiger partial charge on any atom is 0.156 e. The van der Waals surface area contributed by atoms with Gasteiger partial charge in [-0.15, -0.1) is 0 Å². The topological polar surface area (TPSA) is 74.7 Å². The Morgan fingerprint density at radius 1 is 0.871 bits per heavy atom. The van der Waals surface area contributed by atoms with E-state index in [9.17, 15) is 0 Å². The number of aryl methyl sites for hydroxylation is 3. The molecular weight excluding hydrogens is 384 g/mol. The first-order chi connectivity index (χ1) is 14.9. The van der Waals surface area contributed by atoms with Crippen molar-refractivity contribution in [2.24, 2.45) is 0 Å². The van der Waals surface area contributed by atoms with E-state index in [4.69, 9.17) is 20.1 Å². The minimum atomic E-state index is 0.319. The Kier molecular flexibility index (Phi) is 12.0. The van der Waals surface area contributed by atoms with Gasteiger partial charge in [0.1, 0.15) is 5.52 Å². The van der Waals surface area contributed by atoms with E-state index in [1.807, 2.05) is 13.1 Å².